The van der Waals surface area contributed by atoms with Gasteiger partial charge in [0.15, 0.2) is 0 Å². The van der Waals surface area contributed by atoms with Crippen LogP contribution in [0.4, 0.5) is 0 Å². The van der Waals surface area contributed by atoms with Crippen molar-refractivity contribution in [2.24, 2.45) is 5.73 Å². The number of nitrogens with two attached hydrogens (primary N) is 1. The van der Waals surface area contributed by atoms with E-state index in [0.29, 0.717) is 6.42 Å². The fourth-order valence-electron chi connectivity index (χ4n) is 2.24. The molecule has 0 aliphatic heterocycles. The van der Waals surface area contributed by atoms with Crippen LogP contribution in [0.3, 0.4) is 0 Å². The zero-order chi connectivity index (χ0) is 12.3. The summed E-state index contributed by atoms with van der Waals surface area (Å²) in [5.74, 6) is 0.0588. The lowest BCUT2D eigenvalue weighted by Crippen LogP contribution is -2.50. The molecule has 0 aromatic heterocycles. The molecule has 1 saturated carbocycles. The van der Waals surface area contributed by atoms with Crippen LogP contribution in [0.1, 0.15) is 44.2 Å². The molecule has 0 heterocycles. The molecule has 0 spiro atoms. The van der Waals surface area contributed by atoms with Crippen molar-refractivity contribution in [1.29, 1.82) is 0 Å². The Kier molecular flexibility index (Phi) is 3.48. The summed E-state index contributed by atoms with van der Waals surface area (Å²) in [6, 6.07) is 10.0. The number of nitrogens with one attached hydrogen (secondary N) is 1. The molecule has 17 heavy (non-hydrogen) atoms. The molecule has 0 unspecified atom stereocenters. The van der Waals surface area contributed by atoms with Crippen LogP contribution in [0.2, 0.25) is 0 Å². The second-order valence-electron chi connectivity index (χ2n) is 5.09. The molecule has 3 nitrogen and oxygen atoms in total. The molecular formula is C14H20N2O. The number of carbonyl (C=O) groups is 1. The van der Waals surface area contributed by atoms with Gasteiger partial charge < -0.3 is 11.1 Å². The average molecular weight is 232 g/mol. The van der Waals surface area contributed by atoms with Crippen molar-refractivity contribution in [2.45, 2.75) is 44.2 Å². The SMILES string of the molecule is C[C@H](NC(=O)CC1(N)CCC1)c1ccccc1. The van der Waals surface area contributed by atoms with E-state index in [0.717, 1.165) is 24.8 Å². The van der Waals surface area contributed by atoms with E-state index in [1.54, 1.807) is 0 Å². The third-order valence-corrected chi connectivity index (χ3v) is 3.54. The minimum absolute atomic E-state index is 0.0485. The Hall–Kier alpha value is -1.35. The molecule has 3 heteroatoms. The molecule has 2 rings (SSSR count). The van der Waals surface area contributed by atoms with Crippen LogP contribution in [-0.4, -0.2) is 11.4 Å². The highest BCUT2D eigenvalue weighted by atomic mass is 16.1. The summed E-state index contributed by atoms with van der Waals surface area (Å²) >= 11 is 0. The Balaban J connectivity index is 1.86. The zero-order valence-corrected chi connectivity index (χ0v) is 10.3. The van der Waals surface area contributed by atoms with Gasteiger partial charge in [-0.1, -0.05) is 30.3 Å². The van der Waals surface area contributed by atoms with E-state index in [9.17, 15) is 4.79 Å². The van der Waals surface area contributed by atoms with Crippen molar-refractivity contribution in [3.63, 3.8) is 0 Å². The fourth-order valence-corrected chi connectivity index (χ4v) is 2.24. The van der Waals surface area contributed by atoms with Crippen molar-refractivity contribution in [2.75, 3.05) is 0 Å². The van der Waals surface area contributed by atoms with Crippen molar-refractivity contribution in [1.82, 2.24) is 5.32 Å². The average Bonchev–Trinajstić information content (AvgIpc) is 2.28. The molecule has 1 fully saturated rings. The number of amides is 1. The highest BCUT2D eigenvalue weighted by Crippen LogP contribution is 2.32. The first-order valence-electron chi connectivity index (χ1n) is 6.22. The molecule has 0 radical (unpaired) electrons. The molecule has 1 aromatic carbocycles. The second kappa shape index (κ2) is 4.88. The molecule has 0 bridgehead atoms. The highest BCUT2D eigenvalue weighted by Gasteiger charge is 2.34. The summed E-state index contributed by atoms with van der Waals surface area (Å²) < 4.78 is 0. The van der Waals surface area contributed by atoms with Crippen LogP contribution in [0.5, 0.6) is 0 Å². The molecular weight excluding hydrogens is 212 g/mol. The first-order valence-corrected chi connectivity index (χ1v) is 6.22. The van der Waals surface area contributed by atoms with Gasteiger partial charge in [-0.05, 0) is 31.7 Å². The van der Waals surface area contributed by atoms with Crippen LogP contribution in [-0.2, 0) is 4.79 Å². The lowest BCUT2D eigenvalue weighted by molar-refractivity contribution is -0.123. The number of carbonyl (C=O) groups excluding carboxylic acids is 1. The van der Waals surface area contributed by atoms with Gasteiger partial charge in [0.25, 0.3) is 0 Å². The van der Waals surface area contributed by atoms with E-state index in [2.05, 4.69) is 5.32 Å². The lowest BCUT2D eigenvalue weighted by atomic mass is 9.75. The normalized spacial score (nSPS) is 19.2. The summed E-state index contributed by atoms with van der Waals surface area (Å²) in [7, 11) is 0. The minimum Gasteiger partial charge on any atom is -0.350 e. The van der Waals surface area contributed by atoms with E-state index < -0.39 is 0 Å². The van der Waals surface area contributed by atoms with Crippen LogP contribution < -0.4 is 11.1 Å². The Morgan fingerprint density at radius 1 is 1.41 bits per heavy atom. The number of benzene rings is 1. The maximum Gasteiger partial charge on any atom is 0.222 e. The molecule has 0 saturated heterocycles. The number of hydrogen-bond acceptors (Lipinski definition) is 2. The third kappa shape index (κ3) is 3.07. The van der Waals surface area contributed by atoms with Gasteiger partial charge >= 0.3 is 0 Å². The second-order valence-corrected chi connectivity index (χ2v) is 5.09. The molecule has 3 N–H and O–H groups in total. The van der Waals surface area contributed by atoms with Gasteiger partial charge in [0.2, 0.25) is 5.91 Å². The zero-order valence-electron chi connectivity index (χ0n) is 10.3. The van der Waals surface area contributed by atoms with Gasteiger partial charge in [-0.2, -0.15) is 0 Å². The monoisotopic (exact) mass is 232 g/mol. The van der Waals surface area contributed by atoms with E-state index >= 15 is 0 Å². The van der Waals surface area contributed by atoms with Gasteiger partial charge in [-0.3, -0.25) is 4.79 Å². The Morgan fingerprint density at radius 3 is 2.59 bits per heavy atom. The third-order valence-electron chi connectivity index (χ3n) is 3.54. The summed E-state index contributed by atoms with van der Waals surface area (Å²) in [5, 5.41) is 3.00. The van der Waals surface area contributed by atoms with E-state index in [4.69, 9.17) is 5.73 Å². The summed E-state index contributed by atoms with van der Waals surface area (Å²) in [6.45, 7) is 2.00. The molecule has 1 atom stereocenters. The van der Waals surface area contributed by atoms with Crippen molar-refractivity contribution < 1.29 is 4.79 Å². The highest BCUT2D eigenvalue weighted by molar-refractivity contribution is 5.77. The number of hydrogen-bond donors (Lipinski definition) is 2. The Labute approximate surface area is 102 Å². The van der Waals surface area contributed by atoms with E-state index in [-0.39, 0.29) is 17.5 Å². The topological polar surface area (TPSA) is 55.1 Å². The first kappa shape index (κ1) is 12.1. The predicted molar refractivity (Wildman–Crippen MR) is 68.4 cm³/mol. The molecule has 92 valence electrons. The van der Waals surface area contributed by atoms with E-state index in [1.807, 2.05) is 37.3 Å². The minimum atomic E-state index is -0.236. The lowest BCUT2D eigenvalue weighted by Gasteiger charge is -2.37. The van der Waals surface area contributed by atoms with E-state index in [1.165, 1.54) is 0 Å². The van der Waals surface area contributed by atoms with Crippen molar-refractivity contribution in [3.8, 4) is 0 Å². The summed E-state index contributed by atoms with van der Waals surface area (Å²) in [4.78, 5) is 11.8. The van der Waals surface area contributed by atoms with Crippen LogP contribution in [0, 0.1) is 0 Å². The molecule has 1 amide bonds. The smallest absolute Gasteiger partial charge is 0.222 e. The maximum absolute atomic E-state index is 11.8. The first-order chi connectivity index (χ1) is 8.09. The predicted octanol–water partition coefficient (Wildman–Crippen LogP) is 2.14. The Bertz CT molecular complexity index is 384. The van der Waals surface area contributed by atoms with Crippen LogP contribution >= 0.6 is 0 Å². The van der Waals surface area contributed by atoms with Gasteiger partial charge in [0.05, 0.1) is 6.04 Å². The van der Waals surface area contributed by atoms with Crippen LogP contribution in [0.25, 0.3) is 0 Å². The standard InChI is InChI=1S/C14H20N2O/c1-11(12-6-3-2-4-7-12)16-13(17)10-14(15)8-5-9-14/h2-4,6-7,11H,5,8-10,15H2,1H3,(H,16,17)/t11-/m0/s1. The van der Waals surface area contributed by atoms with Gasteiger partial charge in [0.1, 0.15) is 0 Å². The number of rotatable bonds is 4. The fraction of sp³-hybridized carbons (Fsp3) is 0.500. The van der Waals surface area contributed by atoms with Gasteiger partial charge in [-0.15, -0.1) is 0 Å². The Morgan fingerprint density at radius 2 is 2.06 bits per heavy atom. The van der Waals surface area contributed by atoms with Crippen molar-refractivity contribution in [3.05, 3.63) is 35.9 Å². The largest absolute Gasteiger partial charge is 0.350 e. The van der Waals surface area contributed by atoms with Crippen molar-refractivity contribution >= 4 is 5.91 Å². The van der Waals surface area contributed by atoms with Crippen LogP contribution in [0.15, 0.2) is 30.3 Å². The maximum atomic E-state index is 11.8. The summed E-state index contributed by atoms with van der Waals surface area (Å²) in [6.07, 6.45) is 3.54. The van der Waals surface area contributed by atoms with Gasteiger partial charge in [-0.25, -0.2) is 0 Å². The molecule has 1 aliphatic carbocycles. The summed E-state index contributed by atoms with van der Waals surface area (Å²) in [5.41, 5.74) is 6.95. The quantitative estimate of drug-likeness (QED) is 0.835. The van der Waals surface area contributed by atoms with Gasteiger partial charge in [0, 0.05) is 12.0 Å². The molecule has 1 aromatic rings. The molecule has 1 aliphatic rings.